The fourth-order valence-corrected chi connectivity index (χ4v) is 6.36. The van der Waals surface area contributed by atoms with Crippen LogP contribution in [0.3, 0.4) is 0 Å². The summed E-state index contributed by atoms with van der Waals surface area (Å²) in [5.41, 5.74) is 3.92. The number of pyridine rings is 1. The van der Waals surface area contributed by atoms with E-state index in [9.17, 15) is 0 Å². The molecule has 0 radical (unpaired) electrons. The van der Waals surface area contributed by atoms with Crippen molar-refractivity contribution in [3.8, 4) is 5.75 Å². The zero-order valence-electron chi connectivity index (χ0n) is 20.0. The summed E-state index contributed by atoms with van der Waals surface area (Å²) in [5, 5.41) is 1.26. The van der Waals surface area contributed by atoms with E-state index in [2.05, 4.69) is 28.1 Å². The molecule has 4 nitrogen and oxygen atoms in total. The third kappa shape index (κ3) is 5.06. The third-order valence-corrected chi connectivity index (χ3v) is 8.41. The van der Waals surface area contributed by atoms with Crippen LogP contribution in [0.2, 0.25) is 0 Å². The number of methoxy groups -OCH3 is 1. The Morgan fingerprint density at radius 3 is 2.50 bits per heavy atom. The van der Waals surface area contributed by atoms with Crippen molar-refractivity contribution in [2.75, 3.05) is 44.7 Å². The number of aromatic nitrogens is 1. The quantitative estimate of drug-likeness (QED) is 0.528. The minimum atomic E-state index is 0.883. The second-order valence-corrected chi connectivity index (χ2v) is 10.5. The van der Waals surface area contributed by atoms with E-state index in [0.29, 0.717) is 0 Å². The Hall–Kier alpha value is -1.81. The van der Waals surface area contributed by atoms with E-state index in [-0.39, 0.29) is 0 Å². The van der Waals surface area contributed by atoms with Crippen molar-refractivity contribution in [3.63, 3.8) is 0 Å². The molecule has 3 aliphatic rings. The number of piperidine rings is 1. The molecule has 174 valence electrons. The number of aryl methyl sites for hydroxylation is 1. The maximum Gasteiger partial charge on any atom is 0.119 e. The van der Waals surface area contributed by atoms with E-state index in [1.807, 2.05) is 6.07 Å². The molecule has 0 spiro atoms. The highest BCUT2D eigenvalue weighted by molar-refractivity contribution is 5.94. The summed E-state index contributed by atoms with van der Waals surface area (Å²) >= 11 is 0. The number of hydrogen-bond acceptors (Lipinski definition) is 4. The van der Waals surface area contributed by atoms with Gasteiger partial charge in [-0.1, -0.05) is 32.1 Å². The molecule has 5 rings (SSSR count). The van der Waals surface area contributed by atoms with Crippen molar-refractivity contribution in [1.29, 1.82) is 0 Å². The molecule has 1 saturated heterocycles. The van der Waals surface area contributed by atoms with Crippen molar-refractivity contribution in [1.82, 2.24) is 9.88 Å². The maximum absolute atomic E-state index is 5.52. The van der Waals surface area contributed by atoms with E-state index >= 15 is 0 Å². The van der Waals surface area contributed by atoms with Crippen LogP contribution in [-0.4, -0.2) is 49.7 Å². The van der Waals surface area contributed by atoms with E-state index in [4.69, 9.17) is 9.72 Å². The first-order valence-corrected chi connectivity index (χ1v) is 13.2. The van der Waals surface area contributed by atoms with E-state index < -0.39 is 0 Å². The summed E-state index contributed by atoms with van der Waals surface area (Å²) in [6, 6.07) is 6.31. The van der Waals surface area contributed by atoms with Gasteiger partial charge in [0.2, 0.25) is 0 Å². The Balaban J connectivity index is 1.16. The minimum absolute atomic E-state index is 0.883. The molecule has 0 atom stereocenters. The largest absolute Gasteiger partial charge is 0.497 e. The number of ether oxygens (including phenoxy) is 1. The highest BCUT2D eigenvalue weighted by atomic mass is 16.5. The molecule has 1 aromatic carbocycles. The van der Waals surface area contributed by atoms with Gasteiger partial charge in [0, 0.05) is 24.7 Å². The normalized spacial score (nSPS) is 21.1. The van der Waals surface area contributed by atoms with Crippen LogP contribution < -0.4 is 9.64 Å². The second kappa shape index (κ2) is 10.4. The minimum Gasteiger partial charge on any atom is -0.497 e. The molecule has 0 amide bonds. The van der Waals surface area contributed by atoms with Gasteiger partial charge in [-0.3, -0.25) is 4.98 Å². The average molecular weight is 436 g/mol. The Labute approximate surface area is 194 Å². The number of likely N-dealkylation sites (tertiary alicyclic amines) is 1. The predicted octanol–water partition coefficient (Wildman–Crippen LogP) is 6.07. The van der Waals surface area contributed by atoms with Crippen LogP contribution in [0.4, 0.5) is 5.69 Å². The van der Waals surface area contributed by atoms with Crippen LogP contribution in [0.5, 0.6) is 5.75 Å². The summed E-state index contributed by atoms with van der Waals surface area (Å²) < 4.78 is 5.52. The maximum atomic E-state index is 5.52. The van der Waals surface area contributed by atoms with Gasteiger partial charge in [0.1, 0.15) is 5.75 Å². The SMILES string of the molecule is COc1ccc2ncc3c(c2c1)N(CCC1CCN(CCC2CCCCC2)CC1)CCC3. The number of rotatable bonds is 7. The van der Waals surface area contributed by atoms with Crippen molar-refractivity contribution in [3.05, 3.63) is 30.0 Å². The van der Waals surface area contributed by atoms with Gasteiger partial charge in [0.25, 0.3) is 0 Å². The van der Waals surface area contributed by atoms with Gasteiger partial charge in [-0.2, -0.15) is 0 Å². The van der Waals surface area contributed by atoms with Crippen molar-refractivity contribution >= 4 is 16.6 Å². The molecular formula is C28H41N3O. The van der Waals surface area contributed by atoms with Crippen LogP contribution in [0.25, 0.3) is 10.9 Å². The topological polar surface area (TPSA) is 28.6 Å². The monoisotopic (exact) mass is 435 g/mol. The lowest BCUT2D eigenvalue weighted by Crippen LogP contribution is -2.37. The molecule has 1 aliphatic carbocycles. The Kier molecular flexibility index (Phi) is 7.16. The summed E-state index contributed by atoms with van der Waals surface area (Å²) in [4.78, 5) is 10.1. The van der Waals surface area contributed by atoms with Gasteiger partial charge in [0.15, 0.2) is 0 Å². The first-order chi connectivity index (χ1) is 15.8. The van der Waals surface area contributed by atoms with Crippen molar-refractivity contribution in [2.24, 2.45) is 11.8 Å². The number of benzene rings is 1. The van der Waals surface area contributed by atoms with E-state index in [0.717, 1.165) is 29.5 Å². The third-order valence-electron chi connectivity index (χ3n) is 8.41. The number of nitrogens with zero attached hydrogens (tertiary/aromatic N) is 3. The standard InChI is InChI=1S/C28H41N3O/c1-32-25-9-10-27-26(20-25)28-24(21-29-27)8-5-15-31(28)19-14-23-12-17-30(18-13-23)16-11-22-6-3-2-4-7-22/h9-10,20-23H,2-8,11-19H2,1H3. The van der Waals surface area contributed by atoms with Crippen molar-refractivity contribution < 1.29 is 4.74 Å². The Bertz CT molecular complexity index is 878. The van der Waals surface area contributed by atoms with Gasteiger partial charge in [-0.25, -0.2) is 0 Å². The molecule has 2 aromatic rings. The van der Waals surface area contributed by atoms with Crippen molar-refractivity contribution in [2.45, 2.75) is 70.6 Å². The van der Waals surface area contributed by atoms with Crippen LogP contribution >= 0.6 is 0 Å². The Morgan fingerprint density at radius 2 is 1.69 bits per heavy atom. The number of fused-ring (bicyclic) bond motifs is 3. The van der Waals surface area contributed by atoms with Gasteiger partial charge in [-0.05, 0) is 93.8 Å². The number of anilines is 1. The summed E-state index contributed by atoms with van der Waals surface area (Å²) in [5.74, 6) is 2.83. The fourth-order valence-electron chi connectivity index (χ4n) is 6.36. The first-order valence-electron chi connectivity index (χ1n) is 13.2. The van der Waals surface area contributed by atoms with Crippen LogP contribution in [0.15, 0.2) is 24.4 Å². The predicted molar refractivity (Wildman–Crippen MR) is 134 cm³/mol. The summed E-state index contributed by atoms with van der Waals surface area (Å²) in [6.07, 6.45) is 17.4. The van der Waals surface area contributed by atoms with E-state index in [1.54, 1.807) is 7.11 Å². The zero-order valence-corrected chi connectivity index (χ0v) is 20.0. The first kappa shape index (κ1) is 22.0. The highest BCUT2D eigenvalue weighted by Crippen LogP contribution is 2.36. The van der Waals surface area contributed by atoms with Gasteiger partial charge in [-0.15, -0.1) is 0 Å². The molecule has 0 bridgehead atoms. The molecule has 0 N–H and O–H groups in total. The molecule has 4 heteroatoms. The molecule has 1 saturated carbocycles. The van der Waals surface area contributed by atoms with Gasteiger partial charge in [0.05, 0.1) is 18.3 Å². The van der Waals surface area contributed by atoms with Crippen LogP contribution in [-0.2, 0) is 6.42 Å². The lowest BCUT2D eigenvalue weighted by molar-refractivity contribution is 0.164. The van der Waals surface area contributed by atoms with E-state index in [1.165, 1.54) is 114 Å². The molecule has 2 aliphatic heterocycles. The average Bonchev–Trinajstić information content (AvgIpc) is 2.87. The summed E-state index contributed by atoms with van der Waals surface area (Å²) in [6.45, 7) is 6.33. The van der Waals surface area contributed by atoms with Gasteiger partial charge < -0.3 is 14.5 Å². The fraction of sp³-hybridized carbons (Fsp3) is 0.679. The smallest absolute Gasteiger partial charge is 0.119 e. The zero-order chi connectivity index (χ0) is 21.8. The lowest BCUT2D eigenvalue weighted by Gasteiger charge is -2.36. The second-order valence-electron chi connectivity index (χ2n) is 10.5. The lowest BCUT2D eigenvalue weighted by atomic mass is 9.86. The summed E-state index contributed by atoms with van der Waals surface area (Å²) in [7, 11) is 1.75. The molecule has 2 fully saturated rings. The Morgan fingerprint density at radius 1 is 0.906 bits per heavy atom. The molecule has 1 aromatic heterocycles. The molecule has 0 unspecified atom stereocenters. The van der Waals surface area contributed by atoms with Crippen LogP contribution in [0, 0.1) is 11.8 Å². The van der Waals surface area contributed by atoms with Gasteiger partial charge >= 0.3 is 0 Å². The van der Waals surface area contributed by atoms with Crippen LogP contribution in [0.1, 0.15) is 69.8 Å². The molecule has 3 heterocycles. The number of hydrogen-bond donors (Lipinski definition) is 0. The molecule has 32 heavy (non-hydrogen) atoms. The highest BCUT2D eigenvalue weighted by Gasteiger charge is 2.24. The molecular weight excluding hydrogens is 394 g/mol.